The summed E-state index contributed by atoms with van der Waals surface area (Å²) >= 11 is 0. The molecule has 2 nitrogen and oxygen atoms in total. The third-order valence-electron chi connectivity index (χ3n) is 2.02. The van der Waals surface area contributed by atoms with Gasteiger partial charge >= 0.3 is 0 Å². The summed E-state index contributed by atoms with van der Waals surface area (Å²) < 4.78 is 0. The van der Waals surface area contributed by atoms with Gasteiger partial charge in [0.25, 0.3) is 0 Å². The van der Waals surface area contributed by atoms with Crippen LogP contribution in [-0.4, -0.2) is 22.9 Å². The van der Waals surface area contributed by atoms with Crippen molar-refractivity contribution in [2.75, 3.05) is 6.61 Å². The van der Waals surface area contributed by atoms with Crippen molar-refractivity contribution in [3.05, 3.63) is 12.7 Å². The number of aliphatic hydroxyl groups is 2. The minimum absolute atomic E-state index is 0.143. The predicted molar refractivity (Wildman–Crippen MR) is 46.3 cm³/mol. The van der Waals surface area contributed by atoms with E-state index in [1.54, 1.807) is 6.08 Å². The lowest BCUT2D eigenvalue weighted by Gasteiger charge is -2.26. The van der Waals surface area contributed by atoms with Crippen molar-refractivity contribution < 1.29 is 10.2 Å². The van der Waals surface area contributed by atoms with Crippen LogP contribution in [0.2, 0.25) is 0 Å². The number of hydrogen-bond acceptors (Lipinski definition) is 2. The van der Waals surface area contributed by atoms with Crippen molar-refractivity contribution in [1.29, 1.82) is 0 Å². The first-order valence-electron chi connectivity index (χ1n) is 3.97. The monoisotopic (exact) mass is 158 g/mol. The van der Waals surface area contributed by atoms with Crippen LogP contribution in [0.5, 0.6) is 0 Å². The average molecular weight is 158 g/mol. The smallest absolute Gasteiger partial charge is 0.0626 e. The molecule has 0 aromatic heterocycles. The summed E-state index contributed by atoms with van der Waals surface area (Å²) in [7, 11) is 0. The van der Waals surface area contributed by atoms with E-state index in [1.807, 2.05) is 13.8 Å². The zero-order valence-corrected chi connectivity index (χ0v) is 7.38. The van der Waals surface area contributed by atoms with Gasteiger partial charge in [-0.05, 0) is 12.8 Å². The summed E-state index contributed by atoms with van der Waals surface area (Å²) in [6.07, 6.45) is 2.63. The van der Waals surface area contributed by atoms with Crippen molar-refractivity contribution in [3.63, 3.8) is 0 Å². The summed E-state index contributed by atoms with van der Waals surface area (Å²) in [4.78, 5) is 0. The predicted octanol–water partition coefficient (Wildman–Crippen LogP) is 1.33. The topological polar surface area (TPSA) is 40.5 Å². The molecule has 0 saturated heterocycles. The van der Waals surface area contributed by atoms with Crippen molar-refractivity contribution >= 4 is 0 Å². The molecule has 0 fully saturated rings. The van der Waals surface area contributed by atoms with Gasteiger partial charge < -0.3 is 10.2 Å². The molecular formula is C9H18O2. The maximum absolute atomic E-state index is 9.53. The summed E-state index contributed by atoms with van der Waals surface area (Å²) in [5.74, 6) is 0. The lowest BCUT2D eigenvalue weighted by molar-refractivity contribution is 0.0670. The highest BCUT2D eigenvalue weighted by Gasteiger charge is 2.23. The molecule has 0 aliphatic carbocycles. The third-order valence-corrected chi connectivity index (χ3v) is 2.02. The molecule has 0 spiro atoms. The normalized spacial score (nSPS) is 14.5. The zero-order valence-electron chi connectivity index (χ0n) is 7.38. The molecular weight excluding hydrogens is 140 g/mol. The molecule has 0 heterocycles. The minimum Gasteiger partial charge on any atom is -0.396 e. The quantitative estimate of drug-likeness (QED) is 0.593. The second kappa shape index (κ2) is 4.52. The second-order valence-electron chi connectivity index (χ2n) is 3.41. The molecule has 66 valence electrons. The van der Waals surface area contributed by atoms with Crippen LogP contribution in [0.15, 0.2) is 12.7 Å². The van der Waals surface area contributed by atoms with Crippen LogP contribution >= 0.6 is 0 Å². The average Bonchev–Trinajstić information content (AvgIpc) is 2.00. The molecule has 0 amide bonds. The van der Waals surface area contributed by atoms with Crippen molar-refractivity contribution in [3.8, 4) is 0 Å². The van der Waals surface area contributed by atoms with Gasteiger partial charge in [0.1, 0.15) is 0 Å². The van der Waals surface area contributed by atoms with E-state index >= 15 is 0 Å². The maximum Gasteiger partial charge on any atom is 0.0626 e. The van der Waals surface area contributed by atoms with Gasteiger partial charge in [0, 0.05) is 12.0 Å². The Kier molecular flexibility index (Phi) is 4.38. The van der Waals surface area contributed by atoms with E-state index < -0.39 is 6.10 Å². The van der Waals surface area contributed by atoms with Gasteiger partial charge in [-0.3, -0.25) is 0 Å². The lowest BCUT2D eigenvalue weighted by Crippen LogP contribution is -2.27. The van der Waals surface area contributed by atoms with Gasteiger partial charge in [-0.15, -0.1) is 6.58 Å². The molecule has 1 atom stereocenters. The first-order chi connectivity index (χ1) is 5.04. The Morgan fingerprint density at radius 1 is 1.55 bits per heavy atom. The molecule has 0 bridgehead atoms. The van der Waals surface area contributed by atoms with Crippen LogP contribution in [-0.2, 0) is 0 Å². The lowest BCUT2D eigenvalue weighted by atomic mass is 9.84. The molecule has 0 rings (SSSR count). The third kappa shape index (κ3) is 3.54. The van der Waals surface area contributed by atoms with Gasteiger partial charge in [-0.25, -0.2) is 0 Å². The Balaban J connectivity index is 3.80. The molecule has 0 aromatic carbocycles. The van der Waals surface area contributed by atoms with Crippen LogP contribution in [0.1, 0.15) is 26.7 Å². The Morgan fingerprint density at radius 2 is 2.09 bits per heavy atom. The van der Waals surface area contributed by atoms with Crippen molar-refractivity contribution in [2.24, 2.45) is 5.41 Å². The number of hydrogen-bond donors (Lipinski definition) is 2. The van der Waals surface area contributed by atoms with E-state index in [4.69, 9.17) is 5.11 Å². The van der Waals surface area contributed by atoms with Crippen LogP contribution in [0.25, 0.3) is 0 Å². The highest BCUT2D eigenvalue weighted by atomic mass is 16.3. The summed E-state index contributed by atoms with van der Waals surface area (Å²) in [6.45, 7) is 7.65. The van der Waals surface area contributed by atoms with Gasteiger partial charge in [0.05, 0.1) is 6.10 Å². The molecule has 11 heavy (non-hydrogen) atoms. The molecule has 0 aliphatic heterocycles. The number of rotatable bonds is 5. The van der Waals surface area contributed by atoms with Crippen LogP contribution in [0.4, 0.5) is 0 Å². The number of aliphatic hydroxyl groups excluding tert-OH is 2. The van der Waals surface area contributed by atoms with E-state index in [9.17, 15) is 5.11 Å². The van der Waals surface area contributed by atoms with Crippen LogP contribution in [0.3, 0.4) is 0 Å². The van der Waals surface area contributed by atoms with Crippen LogP contribution < -0.4 is 0 Å². The van der Waals surface area contributed by atoms with Gasteiger partial charge in [0.15, 0.2) is 0 Å². The minimum atomic E-state index is -0.396. The fourth-order valence-electron chi connectivity index (χ4n) is 0.793. The Labute approximate surface area is 68.6 Å². The molecule has 2 N–H and O–H groups in total. The summed E-state index contributed by atoms with van der Waals surface area (Å²) in [5, 5.41) is 18.0. The van der Waals surface area contributed by atoms with Crippen LogP contribution in [0, 0.1) is 5.41 Å². The van der Waals surface area contributed by atoms with E-state index in [1.165, 1.54) is 0 Å². The SMILES string of the molecule is C=CC(C)(C)C(O)CCCO. The summed E-state index contributed by atoms with van der Waals surface area (Å²) in [6, 6.07) is 0. The molecule has 0 saturated carbocycles. The zero-order chi connectivity index (χ0) is 8.91. The first kappa shape index (κ1) is 10.7. The van der Waals surface area contributed by atoms with E-state index in [-0.39, 0.29) is 12.0 Å². The van der Waals surface area contributed by atoms with Gasteiger partial charge in [0.2, 0.25) is 0 Å². The van der Waals surface area contributed by atoms with E-state index in [2.05, 4.69) is 6.58 Å². The fraction of sp³-hybridized carbons (Fsp3) is 0.778. The highest BCUT2D eigenvalue weighted by molar-refractivity contribution is 4.92. The Hall–Kier alpha value is -0.340. The Bertz CT molecular complexity index is 119. The standard InChI is InChI=1S/C9H18O2/c1-4-9(2,3)8(11)6-5-7-10/h4,8,10-11H,1,5-7H2,2-3H3. The fourth-order valence-corrected chi connectivity index (χ4v) is 0.793. The molecule has 0 aliphatic rings. The van der Waals surface area contributed by atoms with Crippen molar-refractivity contribution in [1.82, 2.24) is 0 Å². The molecule has 2 heteroatoms. The molecule has 0 radical (unpaired) electrons. The highest BCUT2D eigenvalue weighted by Crippen LogP contribution is 2.24. The van der Waals surface area contributed by atoms with E-state index in [0.717, 1.165) is 0 Å². The first-order valence-corrected chi connectivity index (χ1v) is 3.97. The molecule has 1 unspecified atom stereocenters. The van der Waals surface area contributed by atoms with E-state index in [0.29, 0.717) is 12.8 Å². The second-order valence-corrected chi connectivity index (χ2v) is 3.41. The van der Waals surface area contributed by atoms with Crippen molar-refractivity contribution in [2.45, 2.75) is 32.8 Å². The Morgan fingerprint density at radius 3 is 2.45 bits per heavy atom. The largest absolute Gasteiger partial charge is 0.396 e. The molecule has 0 aromatic rings. The summed E-state index contributed by atoms with van der Waals surface area (Å²) in [5.41, 5.74) is -0.241. The van der Waals surface area contributed by atoms with Gasteiger partial charge in [-0.1, -0.05) is 19.9 Å². The van der Waals surface area contributed by atoms with Gasteiger partial charge in [-0.2, -0.15) is 0 Å². The maximum atomic E-state index is 9.53.